The van der Waals surface area contributed by atoms with Gasteiger partial charge in [0.25, 0.3) is 0 Å². The second-order valence-corrected chi connectivity index (χ2v) is 5.33. The maximum absolute atomic E-state index is 12.7. The first-order valence-electron chi connectivity index (χ1n) is 6.23. The van der Waals surface area contributed by atoms with E-state index in [9.17, 15) is 4.79 Å². The molecule has 0 bridgehead atoms. The van der Waals surface area contributed by atoms with Gasteiger partial charge in [0.15, 0.2) is 0 Å². The molecule has 6 heteroatoms. The highest BCUT2D eigenvalue weighted by atomic mass is 79.9. The maximum atomic E-state index is 12.7. The molecular formula is C14H16BrN3O2. The van der Waals surface area contributed by atoms with Gasteiger partial charge in [0.05, 0.1) is 23.8 Å². The molecule has 2 rings (SSSR count). The van der Waals surface area contributed by atoms with E-state index >= 15 is 0 Å². The van der Waals surface area contributed by atoms with Crippen LogP contribution in [0.3, 0.4) is 0 Å². The topological polar surface area (TPSA) is 57.0 Å². The van der Waals surface area contributed by atoms with Crippen LogP contribution in [0, 0.1) is 13.8 Å². The monoisotopic (exact) mass is 337 g/mol. The van der Waals surface area contributed by atoms with E-state index in [0.29, 0.717) is 28.9 Å². The van der Waals surface area contributed by atoms with E-state index in [1.54, 1.807) is 24.1 Å². The Balaban J connectivity index is 2.40. The molecule has 0 spiro atoms. The quantitative estimate of drug-likeness (QED) is 0.786. The van der Waals surface area contributed by atoms with Crippen molar-refractivity contribution < 1.29 is 9.53 Å². The van der Waals surface area contributed by atoms with E-state index in [2.05, 4.69) is 26.0 Å². The van der Waals surface area contributed by atoms with Crippen LogP contribution in [-0.4, -0.2) is 34.3 Å². The Kier molecular flexibility index (Phi) is 4.67. The zero-order valence-electron chi connectivity index (χ0n) is 11.7. The van der Waals surface area contributed by atoms with Gasteiger partial charge in [-0.2, -0.15) is 5.10 Å². The van der Waals surface area contributed by atoms with E-state index in [1.165, 1.54) is 0 Å². The number of hydrogen-bond donors (Lipinski definition) is 0. The molecule has 5 nitrogen and oxygen atoms in total. The lowest BCUT2D eigenvalue weighted by Crippen LogP contribution is -2.16. The summed E-state index contributed by atoms with van der Waals surface area (Å²) in [6, 6.07) is 3.64. The lowest BCUT2D eigenvalue weighted by molar-refractivity contribution is 0.102. The predicted octanol–water partition coefficient (Wildman–Crippen LogP) is 2.53. The number of aryl methyl sites for hydroxylation is 2. The molecule has 0 saturated carbocycles. The van der Waals surface area contributed by atoms with Crippen LogP contribution in [0.5, 0.6) is 0 Å². The van der Waals surface area contributed by atoms with Gasteiger partial charge in [0.1, 0.15) is 5.69 Å². The number of nitrogens with zero attached hydrogens (tertiary/aromatic N) is 3. The van der Waals surface area contributed by atoms with Crippen LogP contribution < -0.4 is 0 Å². The number of hydrogen-bond acceptors (Lipinski definition) is 4. The molecule has 2 aromatic heterocycles. The molecule has 0 atom stereocenters. The summed E-state index contributed by atoms with van der Waals surface area (Å²) < 4.78 is 7.36. The van der Waals surface area contributed by atoms with E-state index in [-0.39, 0.29) is 5.78 Å². The molecule has 0 aliphatic carbocycles. The highest BCUT2D eigenvalue weighted by Crippen LogP contribution is 2.21. The third-order valence-electron chi connectivity index (χ3n) is 2.99. The number of ether oxygens (including phenoxy) is 1. The van der Waals surface area contributed by atoms with Crippen molar-refractivity contribution in [1.29, 1.82) is 0 Å². The summed E-state index contributed by atoms with van der Waals surface area (Å²) in [5, 5.41) is 4.20. The van der Waals surface area contributed by atoms with Gasteiger partial charge in [0.2, 0.25) is 5.78 Å². The third-order valence-corrected chi connectivity index (χ3v) is 3.57. The Morgan fingerprint density at radius 1 is 1.40 bits per heavy atom. The predicted molar refractivity (Wildman–Crippen MR) is 78.9 cm³/mol. The summed E-state index contributed by atoms with van der Waals surface area (Å²) in [5.41, 5.74) is 2.73. The summed E-state index contributed by atoms with van der Waals surface area (Å²) >= 11 is 3.38. The third kappa shape index (κ3) is 2.96. The summed E-state index contributed by atoms with van der Waals surface area (Å²) in [4.78, 5) is 17.0. The fraction of sp³-hybridized carbons (Fsp3) is 0.357. The van der Waals surface area contributed by atoms with Crippen LogP contribution in [0.1, 0.15) is 27.4 Å². The van der Waals surface area contributed by atoms with Crippen molar-refractivity contribution in [1.82, 2.24) is 14.8 Å². The molecule has 0 aliphatic heterocycles. The van der Waals surface area contributed by atoms with Gasteiger partial charge >= 0.3 is 0 Å². The van der Waals surface area contributed by atoms with Crippen molar-refractivity contribution in [2.75, 3.05) is 13.7 Å². The normalized spacial score (nSPS) is 10.8. The summed E-state index contributed by atoms with van der Waals surface area (Å²) in [7, 11) is 1.62. The lowest BCUT2D eigenvalue weighted by Gasteiger charge is -2.09. The number of pyridine rings is 1. The molecule has 0 N–H and O–H groups in total. The Hall–Kier alpha value is -1.53. The van der Waals surface area contributed by atoms with Crippen molar-refractivity contribution in [3.63, 3.8) is 0 Å². The molecule has 2 heterocycles. The second-order valence-electron chi connectivity index (χ2n) is 4.47. The van der Waals surface area contributed by atoms with Crippen LogP contribution in [0.15, 0.2) is 22.8 Å². The largest absolute Gasteiger partial charge is 0.383 e. The zero-order chi connectivity index (χ0) is 14.7. The number of aromatic nitrogens is 3. The number of carbonyl (C=O) groups excluding carboxylic acids is 1. The fourth-order valence-electron chi connectivity index (χ4n) is 1.99. The molecule has 0 fully saturated rings. The van der Waals surface area contributed by atoms with Crippen molar-refractivity contribution in [2.45, 2.75) is 20.4 Å². The van der Waals surface area contributed by atoms with Crippen LogP contribution >= 0.6 is 15.9 Å². The van der Waals surface area contributed by atoms with Crippen LogP contribution in [-0.2, 0) is 11.3 Å². The zero-order valence-corrected chi connectivity index (χ0v) is 13.3. The minimum absolute atomic E-state index is 0.0875. The highest BCUT2D eigenvalue weighted by molar-refractivity contribution is 9.10. The van der Waals surface area contributed by atoms with Gasteiger partial charge in [-0.25, -0.2) is 0 Å². The molecule has 0 unspecified atom stereocenters. The Labute approximate surface area is 126 Å². The molecule has 0 aliphatic rings. The van der Waals surface area contributed by atoms with Crippen molar-refractivity contribution in [3.8, 4) is 0 Å². The summed E-state index contributed by atoms with van der Waals surface area (Å²) in [6.45, 7) is 4.77. The van der Waals surface area contributed by atoms with E-state index in [0.717, 1.165) is 11.4 Å². The summed E-state index contributed by atoms with van der Waals surface area (Å²) in [6.07, 6.45) is 1.62. The standard InChI is InChI=1S/C14H16BrN3O2/c1-9-4-5-11(10(2)17-9)14(19)13-12(15)8-16-18(13)6-7-20-3/h4-5,8H,6-7H2,1-3H3. The van der Waals surface area contributed by atoms with Gasteiger partial charge in [0, 0.05) is 24.1 Å². The van der Waals surface area contributed by atoms with Crippen molar-refractivity contribution in [2.24, 2.45) is 0 Å². The first-order valence-corrected chi connectivity index (χ1v) is 7.03. The minimum atomic E-state index is -0.0875. The van der Waals surface area contributed by atoms with E-state index < -0.39 is 0 Å². The second kappa shape index (κ2) is 6.28. The number of ketones is 1. The lowest BCUT2D eigenvalue weighted by atomic mass is 10.1. The van der Waals surface area contributed by atoms with Gasteiger partial charge in [-0.15, -0.1) is 0 Å². The highest BCUT2D eigenvalue weighted by Gasteiger charge is 2.20. The maximum Gasteiger partial charge on any atom is 0.214 e. The van der Waals surface area contributed by atoms with E-state index in [1.807, 2.05) is 19.9 Å². The molecule has 0 aromatic carbocycles. The van der Waals surface area contributed by atoms with Gasteiger partial charge in [-0.05, 0) is 41.9 Å². The SMILES string of the molecule is COCCn1ncc(Br)c1C(=O)c1ccc(C)nc1C. The number of halogens is 1. The summed E-state index contributed by atoms with van der Waals surface area (Å²) in [5.74, 6) is -0.0875. The van der Waals surface area contributed by atoms with Crippen LogP contribution in [0.4, 0.5) is 0 Å². The molecule has 0 saturated heterocycles. The van der Waals surface area contributed by atoms with Gasteiger partial charge in [-0.1, -0.05) is 0 Å². The first kappa shape index (κ1) is 14.9. The minimum Gasteiger partial charge on any atom is -0.383 e. The van der Waals surface area contributed by atoms with Gasteiger partial charge < -0.3 is 4.74 Å². The molecule has 0 amide bonds. The smallest absolute Gasteiger partial charge is 0.214 e. The molecule has 0 radical (unpaired) electrons. The number of carbonyl (C=O) groups is 1. The number of rotatable bonds is 5. The molecule has 106 valence electrons. The fourth-order valence-corrected chi connectivity index (χ4v) is 2.47. The van der Waals surface area contributed by atoms with Crippen molar-refractivity contribution >= 4 is 21.7 Å². The Morgan fingerprint density at radius 3 is 2.80 bits per heavy atom. The first-order chi connectivity index (χ1) is 9.54. The Morgan fingerprint density at radius 2 is 2.15 bits per heavy atom. The average Bonchev–Trinajstić information content (AvgIpc) is 2.77. The molecule has 20 heavy (non-hydrogen) atoms. The van der Waals surface area contributed by atoms with Crippen LogP contribution in [0.2, 0.25) is 0 Å². The van der Waals surface area contributed by atoms with Crippen LogP contribution in [0.25, 0.3) is 0 Å². The van der Waals surface area contributed by atoms with E-state index in [4.69, 9.17) is 4.74 Å². The number of methoxy groups -OCH3 is 1. The van der Waals surface area contributed by atoms with Gasteiger partial charge in [-0.3, -0.25) is 14.5 Å². The van der Waals surface area contributed by atoms with Crippen molar-refractivity contribution in [3.05, 3.63) is 45.4 Å². The molecule has 2 aromatic rings. The Bertz CT molecular complexity index is 637. The molecular weight excluding hydrogens is 322 g/mol. The average molecular weight is 338 g/mol.